The summed E-state index contributed by atoms with van der Waals surface area (Å²) >= 11 is 0. The maximum Gasteiger partial charge on any atom is -0.00196 e. The van der Waals surface area contributed by atoms with Gasteiger partial charge in [-0.15, -0.1) is 12.4 Å². The zero-order valence-corrected chi connectivity index (χ0v) is 7.34. The van der Waals surface area contributed by atoms with E-state index in [2.05, 4.69) is 10.6 Å². The van der Waals surface area contributed by atoms with Gasteiger partial charge in [-0.25, -0.2) is 0 Å². The van der Waals surface area contributed by atoms with Crippen LogP contribution in [0.3, 0.4) is 0 Å². The van der Waals surface area contributed by atoms with Crippen molar-refractivity contribution in [1.29, 1.82) is 0 Å². The van der Waals surface area contributed by atoms with Crippen LogP contribution >= 0.6 is 12.4 Å². The van der Waals surface area contributed by atoms with Crippen LogP contribution in [0, 0.1) is 5.92 Å². The molecule has 3 heteroatoms. The van der Waals surface area contributed by atoms with Crippen molar-refractivity contribution in [2.45, 2.75) is 12.8 Å². The zero-order valence-electron chi connectivity index (χ0n) is 6.52. The second-order valence-electron chi connectivity index (χ2n) is 2.75. The second-order valence-corrected chi connectivity index (χ2v) is 2.75. The molecule has 10 heavy (non-hydrogen) atoms. The van der Waals surface area contributed by atoms with Crippen molar-refractivity contribution in [3.05, 3.63) is 0 Å². The highest BCUT2D eigenvalue weighted by Crippen LogP contribution is 2.10. The van der Waals surface area contributed by atoms with Crippen molar-refractivity contribution in [3.8, 4) is 0 Å². The highest BCUT2D eigenvalue weighted by atomic mass is 35.5. The van der Waals surface area contributed by atoms with Crippen LogP contribution < -0.4 is 10.6 Å². The Bertz CT molecular complexity index is 72.0. The third-order valence-electron chi connectivity index (χ3n) is 1.96. The SMILES string of the molecule is CNCC[C@H]1CCNC1.Cl. The molecule has 0 bridgehead atoms. The van der Waals surface area contributed by atoms with Crippen LogP contribution in [0.2, 0.25) is 0 Å². The quantitative estimate of drug-likeness (QED) is 0.640. The van der Waals surface area contributed by atoms with Crippen molar-refractivity contribution in [2.75, 3.05) is 26.7 Å². The zero-order chi connectivity index (χ0) is 6.53. The molecule has 0 aromatic rings. The molecule has 1 aliphatic heterocycles. The Hall–Kier alpha value is 0.210. The van der Waals surface area contributed by atoms with E-state index in [9.17, 15) is 0 Å². The van der Waals surface area contributed by atoms with E-state index in [0.717, 1.165) is 5.92 Å². The minimum Gasteiger partial charge on any atom is -0.320 e. The highest BCUT2D eigenvalue weighted by molar-refractivity contribution is 5.85. The van der Waals surface area contributed by atoms with E-state index in [-0.39, 0.29) is 12.4 Å². The van der Waals surface area contributed by atoms with E-state index in [1.807, 2.05) is 7.05 Å². The molecule has 0 unspecified atom stereocenters. The van der Waals surface area contributed by atoms with Gasteiger partial charge in [0.15, 0.2) is 0 Å². The molecule has 1 fully saturated rings. The van der Waals surface area contributed by atoms with Gasteiger partial charge >= 0.3 is 0 Å². The van der Waals surface area contributed by atoms with Gasteiger partial charge in [-0.1, -0.05) is 0 Å². The second kappa shape index (κ2) is 5.96. The molecule has 1 heterocycles. The van der Waals surface area contributed by atoms with E-state index < -0.39 is 0 Å². The van der Waals surface area contributed by atoms with Gasteiger partial charge in [0.2, 0.25) is 0 Å². The number of nitrogens with one attached hydrogen (secondary N) is 2. The molecule has 0 radical (unpaired) electrons. The summed E-state index contributed by atoms with van der Waals surface area (Å²) in [5, 5.41) is 6.52. The summed E-state index contributed by atoms with van der Waals surface area (Å²) in [5.74, 6) is 0.942. The lowest BCUT2D eigenvalue weighted by Gasteiger charge is -2.05. The minimum absolute atomic E-state index is 0. The number of halogens is 1. The number of hydrogen-bond donors (Lipinski definition) is 2. The summed E-state index contributed by atoms with van der Waals surface area (Å²) in [5.41, 5.74) is 0. The average Bonchev–Trinajstić information content (AvgIpc) is 2.34. The predicted molar refractivity (Wildman–Crippen MR) is 46.8 cm³/mol. The summed E-state index contributed by atoms with van der Waals surface area (Å²) in [6.07, 6.45) is 2.71. The van der Waals surface area contributed by atoms with Crippen LogP contribution in [0.4, 0.5) is 0 Å². The summed E-state index contributed by atoms with van der Waals surface area (Å²) in [4.78, 5) is 0. The Labute approximate surface area is 69.2 Å². The molecule has 0 amide bonds. The topological polar surface area (TPSA) is 24.1 Å². The van der Waals surface area contributed by atoms with E-state index >= 15 is 0 Å². The molecule has 1 aliphatic rings. The molecule has 0 aromatic carbocycles. The van der Waals surface area contributed by atoms with Crippen LogP contribution in [-0.2, 0) is 0 Å². The van der Waals surface area contributed by atoms with Gasteiger partial charge in [0.1, 0.15) is 0 Å². The molecule has 1 atom stereocenters. The first kappa shape index (κ1) is 10.2. The van der Waals surface area contributed by atoms with Crippen LogP contribution in [0.1, 0.15) is 12.8 Å². The van der Waals surface area contributed by atoms with E-state index in [0.29, 0.717) is 0 Å². The van der Waals surface area contributed by atoms with Gasteiger partial charge in [-0.2, -0.15) is 0 Å². The fourth-order valence-corrected chi connectivity index (χ4v) is 1.31. The average molecular weight is 165 g/mol. The first-order valence-electron chi connectivity index (χ1n) is 3.79. The van der Waals surface area contributed by atoms with Gasteiger partial charge in [0.25, 0.3) is 0 Å². The molecular formula is C7H17ClN2. The lowest BCUT2D eigenvalue weighted by Crippen LogP contribution is -2.15. The third kappa shape index (κ3) is 3.40. The number of rotatable bonds is 3. The van der Waals surface area contributed by atoms with Gasteiger partial charge < -0.3 is 10.6 Å². The van der Waals surface area contributed by atoms with Crippen molar-refractivity contribution >= 4 is 12.4 Å². The minimum atomic E-state index is 0. The van der Waals surface area contributed by atoms with Crippen LogP contribution in [0.15, 0.2) is 0 Å². The molecule has 62 valence electrons. The van der Waals surface area contributed by atoms with Crippen LogP contribution in [0.5, 0.6) is 0 Å². The monoisotopic (exact) mass is 164 g/mol. The first-order chi connectivity index (χ1) is 4.43. The molecule has 2 nitrogen and oxygen atoms in total. The Morgan fingerprint density at radius 3 is 2.90 bits per heavy atom. The van der Waals surface area contributed by atoms with E-state index in [1.165, 1.54) is 32.5 Å². The van der Waals surface area contributed by atoms with E-state index in [1.54, 1.807) is 0 Å². The Morgan fingerprint density at radius 1 is 1.60 bits per heavy atom. The van der Waals surface area contributed by atoms with Gasteiger partial charge in [-0.3, -0.25) is 0 Å². The molecule has 0 aliphatic carbocycles. The van der Waals surface area contributed by atoms with Gasteiger partial charge in [-0.05, 0) is 45.4 Å². The van der Waals surface area contributed by atoms with Crippen molar-refractivity contribution in [2.24, 2.45) is 5.92 Å². The number of hydrogen-bond acceptors (Lipinski definition) is 2. The van der Waals surface area contributed by atoms with Crippen LogP contribution in [0.25, 0.3) is 0 Å². The summed E-state index contributed by atoms with van der Waals surface area (Å²) in [7, 11) is 2.02. The van der Waals surface area contributed by atoms with Gasteiger partial charge in [0, 0.05) is 0 Å². The maximum absolute atomic E-state index is 3.35. The highest BCUT2D eigenvalue weighted by Gasteiger charge is 2.12. The van der Waals surface area contributed by atoms with E-state index in [4.69, 9.17) is 0 Å². The molecular weight excluding hydrogens is 148 g/mol. The lowest BCUT2D eigenvalue weighted by atomic mass is 10.1. The third-order valence-corrected chi connectivity index (χ3v) is 1.96. The van der Waals surface area contributed by atoms with Crippen LogP contribution in [-0.4, -0.2) is 26.7 Å². The van der Waals surface area contributed by atoms with Gasteiger partial charge in [0.05, 0.1) is 0 Å². The van der Waals surface area contributed by atoms with Crippen molar-refractivity contribution in [3.63, 3.8) is 0 Å². The molecule has 2 N–H and O–H groups in total. The summed E-state index contributed by atoms with van der Waals surface area (Å²) < 4.78 is 0. The molecule has 0 aromatic heterocycles. The molecule has 0 saturated carbocycles. The fourth-order valence-electron chi connectivity index (χ4n) is 1.31. The fraction of sp³-hybridized carbons (Fsp3) is 1.00. The normalized spacial score (nSPS) is 24.3. The molecule has 1 saturated heterocycles. The molecule has 1 rings (SSSR count). The Kier molecular flexibility index (Phi) is 6.08. The maximum atomic E-state index is 3.35. The predicted octanol–water partition coefficient (Wildman–Crippen LogP) is 0.627. The molecule has 0 spiro atoms. The smallest absolute Gasteiger partial charge is 0.00196 e. The van der Waals surface area contributed by atoms with Crippen molar-refractivity contribution < 1.29 is 0 Å². The Balaban J connectivity index is 0.000000810. The Morgan fingerprint density at radius 2 is 2.40 bits per heavy atom. The lowest BCUT2D eigenvalue weighted by molar-refractivity contribution is 0.517. The largest absolute Gasteiger partial charge is 0.320 e. The summed E-state index contributed by atoms with van der Waals surface area (Å²) in [6, 6.07) is 0. The standard InChI is InChI=1S/C7H16N2.ClH/c1-8-4-2-7-3-5-9-6-7;/h7-9H,2-6H2,1H3;1H/t7-;/m0./s1. The first-order valence-corrected chi connectivity index (χ1v) is 3.79. The van der Waals surface area contributed by atoms with Crippen molar-refractivity contribution in [1.82, 2.24) is 10.6 Å². The summed E-state index contributed by atoms with van der Waals surface area (Å²) in [6.45, 7) is 3.64.